The molecular weight excluding hydrogens is 290 g/mol. The highest BCUT2D eigenvalue weighted by atomic mass is 35.5. The molecule has 0 fully saturated rings. The van der Waals surface area contributed by atoms with Gasteiger partial charge in [0.15, 0.2) is 5.11 Å². The van der Waals surface area contributed by atoms with Crippen molar-refractivity contribution in [2.75, 3.05) is 5.32 Å². The van der Waals surface area contributed by atoms with Gasteiger partial charge in [0.25, 0.3) is 0 Å². The number of thiocarbonyl (C=S) groups is 1. The van der Waals surface area contributed by atoms with E-state index in [4.69, 9.17) is 23.8 Å². The van der Waals surface area contributed by atoms with Crippen molar-refractivity contribution in [1.82, 2.24) is 5.43 Å². The molecule has 2 aromatic rings. The second-order valence-electron chi connectivity index (χ2n) is 4.53. The van der Waals surface area contributed by atoms with Crippen LogP contribution in [-0.4, -0.2) is 10.8 Å². The molecule has 0 radical (unpaired) electrons. The Kier molecular flexibility index (Phi) is 3.42. The van der Waals surface area contributed by atoms with Gasteiger partial charge in [0.05, 0.1) is 0 Å². The van der Waals surface area contributed by atoms with Gasteiger partial charge >= 0.3 is 0 Å². The molecule has 0 atom stereocenters. The van der Waals surface area contributed by atoms with Crippen molar-refractivity contribution in [2.45, 2.75) is 6.92 Å². The smallest absolute Gasteiger partial charge is 0.191 e. The van der Waals surface area contributed by atoms with Crippen LogP contribution in [0.2, 0.25) is 5.02 Å². The zero-order valence-corrected chi connectivity index (χ0v) is 12.3. The molecule has 1 aliphatic rings. The zero-order chi connectivity index (χ0) is 14.1. The van der Waals surface area contributed by atoms with E-state index in [-0.39, 0.29) is 0 Å². The predicted octanol–water partition coefficient (Wildman–Crippen LogP) is 3.70. The number of aryl methyl sites for hydroxylation is 1. The van der Waals surface area contributed by atoms with Crippen LogP contribution in [-0.2, 0) is 0 Å². The number of hydrogen-bond acceptors (Lipinski definition) is 2. The van der Waals surface area contributed by atoms with Gasteiger partial charge < -0.3 is 5.32 Å². The minimum Gasteiger partial charge on any atom is -0.331 e. The average molecular weight is 302 g/mol. The van der Waals surface area contributed by atoms with Crippen molar-refractivity contribution in [3.05, 3.63) is 64.2 Å². The highest BCUT2D eigenvalue weighted by Gasteiger charge is 2.18. The number of fused-ring (bicyclic) bond motifs is 1. The van der Waals surface area contributed by atoms with E-state index in [0.29, 0.717) is 10.1 Å². The van der Waals surface area contributed by atoms with Crippen molar-refractivity contribution in [2.24, 2.45) is 5.10 Å². The topological polar surface area (TPSA) is 36.4 Å². The summed E-state index contributed by atoms with van der Waals surface area (Å²) in [5.74, 6) is 0. The Bertz CT molecular complexity index is 725. The SMILES string of the molecule is Cc1ccccc1C1=NNC(=S)Nc2ccc(Cl)cc21. The first-order chi connectivity index (χ1) is 9.65. The fraction of sp³-hybridized carbons (Fsp3) is 0.0667. The Morgan fingerprint density at radius 3 is 2.70 bits per heavy atom. The van der Waals surface area contributed by atoms with E-state index in [1.54, 1.807) is 0 Å². The van der Waals surface area contributed by atoms with Crippen molar-refractivity contribution in [1.29, 1.82) is 0 Å². The second-order valence-corrected chi connectivity index (χ2v) is 5.38. The van der Waals surface area contributed by atoms with Crippen molar-refractivity contribution < 1.29 is 0 Å². The van der Waals surface area contributed by atoms with Crippen LogP contribution in [0.4, 0.5) is 5.69 Å². The molecule has 0 aliphatic carbocycles. The van der Waals surface area contributed by atoms with Crippen LogP contribution < -0.4 is 10.7 Å². The Hall–Kier alpha value is -1.91. The molecular formula is C15H12ClN3S. The monoisotopic (exact) mass is 301 g/mol. The van der Waals surface area contributed by atoms with Crippen LogP contribution in [0.5, 0.6) is 0 Å². The number of rotatable bonds is 1. The standard InChI is InChI=1S/C15H12ClN3S/c1-9-4-2-3-5-11(9)14-12-8-10(16)6-7-13(12)17-15(20)19-18-14/h2-8H,1H3,(H2,17,19,20). The molecule has 0 amide bonds. The van der Waals surface area contributed by atoms with E-state index >= 15 is 0 Å². The Morgan fingerprint density at radius 1 is 1.10 bits per heavy atom. The summed E-state index contributed by atoms with van der Waals surface area (Å²) >= 11 is 11.3. The summed E-state index contributed by atoms with van der Waals surface area (Å²) in [6.07, 6.45) is 0. The van der Waals surface area contributed by atoms with Crippen molar-refractivity contribution in [3.8, 4) is 0 Å². The van der Waals surface area contributed by atoms with Crippen LogP contribution >= 0.6 is 23.8 Å². The minimum absolute atomic E-state index is 0.470. The maximum Gasteiger partial charge on any atom is 0.191 e. The lowest BCUT2D eigenvalue weighted by molar-refractivity contribution is 1.05. The Morgan fingerprint density at radius 2 is 1.90 bits per heavy atom. The van der Waals surface area contributed by atoms with E-state index < -0.39 is 0 Å². The highest BCUT2D eigenvalue weighted by molar-refractivity contribution is 7.80. The number of anilines is 1. The fourth-order valence-corrected chi connectivity index (χ4v) is 2.51. The zero-order valence-electron chi connectivity index (χ0n) is 10.8. The van der Waals surface area contributed by atoms with E-state index in [1.165, 1.54) is 0 Å². The van der Waals surface area contributed by atoms with E-state index in [2.05, 4.69) is 28.8 Å². The molecule has 20 heavy (non-hydrogen) atoms. The van der Waals surface area contributed by atoms with Gasteiger partial charge in [0, 0.05) is 21.8 Å². The van der Waals surface area contributed by atoms with Gasteiger partial charge in [-0.3, -0.25) is 5.43 Å². The Balaban J connectivity index is 2.23. The van der Waals surface area contributed by atoms with Crippen LogP contribution in [0.3, 0.4) is 0 Å². The van der Waals surface area contributed by atoms with E-state index in [9.17, 15) is 0 Å². The molecule has 0 bridgehead atoms. The molecule has 3 rings (SSSR count). The molecule has 100 valence electrons. The highest BCUT2D eigenvalue weighted by Crippen LogP contribution is 2.26. The summed E-state index contributed by atoms with van der Waals surface area (Å²) in [6.45, 7) is 2.05. The van der Waals surface area contributed by atoms with Gasteiger partial charge in [0.2, 0.25) is 0 Å². The summed E-state index contributed by atoms with van der Waals surface area (Å²) in [5.41, 5.74) is 7.70. The summed E-state index contributed by atoms with van der Waals surface area (Å²) in [4.78, 5) is 0. The third kappa shape index (κ3) is 2.40. The Labute approximate surface area is 127 Å². The maximum atomic E-state index is 6.12. The lowest BCUT2D eigenvalue weighted by Crippen LogP contribution is -2.22. The largest absolute Gasteiger partial charge is 0.331 e. The van der Waals surface area contributed by atoms with Gasteiger partial charge in [-0.2, -0.15) is 5.10 Å². The molecule has 0 aromatic heterocycles. The first-order valence-electron chi connectivity index (χ1n) is 6.16. The minimum atomic E-state index is 0.470. The number of nitrogens with one attached hydrogen (secondary N) is 2. The van der Waals surface area contributed by atoms with Crippen LogP contribution in [0.25, 0.3) is 0 Å². The molecule has 1 aliphatic heterocycles. The van der Waals surface area contributed by atoms with Crippen molar-refractivity contribution in [3.63, 3.8) is 0 Å². The third-order valence-electron chi connectivity index (χ3n) is 3.15. The van der Waals surface area contributed by atoms with Gasteiger partial charge in [-0.15, -0.1) is 0 Å². The van der Waals surface area contributed by atoms with Crippen LogP contribution in [0, 0.1) is 6.92 Å². The van der Waals surface area contributed by atoms with Gasteiger partial charge in [-0.1, -0.05) is 35.9 Å². The molecule has 5 heteroatoms. The van der Waals surface area contributed by atoms with Crippen LogP contribution in [0.15, 0.2) is 47.6 Å². The van der Waals surface area contributed by atoms with E-state index in [0.717, 1.165) is 28.1 Å². The molecule has 2 N–H and O–H groups in total. The van der Waals surface area contributed by atoms with Gasteiger partial charge in [-0.25, -0.2) is 0 Å². The fourth-order valence-electron chi connectivity index (χ4n) is 2.18. The normalized spacial score (nSPS) is 13.7. The second kappa shape index (κ2) is 5.23. The first kappa shape index (κ1) is 13.1. The van der Waals surface area contributed by atoms with E-state index in [1.807, 2.05) is 36.4 Å². The quantitative estimate of drug-likeness (QED) is 0.789. The number of benzene rings is 2. The number of hydrazone groups is 1. The molecule has 1 heterocycles. The summed E-state index contributed by atoms with van der Waals surface area (Å²) in [7, 11) is 0. The average Bonchev–Trinajstić information content (AvgIpc) is 2.58. The summed E-state index contributed by atoms with van der Waals surface area (Å²) in [6, 6.07) is 13.7. The molecule has 2 aromatic carbocycles. The third-order valence-corrected chi connectivity index (χ3v) is 3.58. The molecule has 0 spiro atoms. The van der Waals surface area contributed by atoms with Crippen molar-refractivity contribution >= 4 is 40.3 Å². The van der Waals surface area contributed by atoms with Gasteiger partial charge in [0.1, 0.15) is 5.71 Å². The lowest BCUT2D eigenvalue weighted by atomic mass is 9.97. The number of halogens is 1. The van der Waals surface area contributed by atoms with Gasteiger partial charge in [-0.05, 0) is 42.9 Å². The predicted molar refractivity (Wildman–Crippen MR) is 87.6 cm³/mol. The number of nitrogens with zero attached hydrogens (tertiary/aromatic N) is 1. The maximum absolute atomic E-state index is 6.12. The van der Waals surface area contributed by atoms with Crippen LogP contribution in [0.1, 0.15) is 16.7 Å². The molecule has 0 unspecified atom stereocenters. The first-order valence-corrected chi connectivity index (χ1v) is 6.94. The molecule has 0 saturated heterocycles. The summed E-state index contributed by atoms with van der Waals surface area (Å²) in [5, 5.41) is 8.67. The number of hydrogen-bond donors (Lipinski definition) is 2. The lowest BCUT2D eigenvalue weighted by Gasteiger charge is -2.11. The molecule has 0 saturated carbocycles. The molecule has 3 nitrogen and oxygen atoms in total. The summed E-state index contributed by atoms with van der Waals surface area (Å²) < 4.78 is 0.